The van der Waals surface area contributed by atoms with Crippen molar-refractivity contribution < 1.29 is 22.7 Å². The van der Waals surface area contributed by atoms with Gasteiger partial charge in [0.15, 0.2) is 27.1 Å². The van der Waals surface area contributed by atoms with Crippen LogP contribution in [0.15, 0.2) is 52.9 Å². The summed E-state index contributed by atoms with van der Waals surface area (Å²) in [6.07, 6.45) is 1.90. The number of Topliss-reactive ketones (excluding diaryl/α,β-unsaturated/α-hetero) is 1. The molecular formula is C20H20O5S. The van der Waals surface area contributed by atoms with Crippen molar-refractivity contribution in [2.24, 2.45) is 0 Å². The van der Waals surface area contributed by atoms with Crippen molar-refractivity contribution in [2.75, 3.05) is 19.5 Å². The van der Waals surface area contributed by atoms with E-state index in [-0.39, 0.29) is 28.4 Å². The fraction of sp³-hybridized carbons (Fsp3) is 0.250. The van der Waals surface area contributed by atoms with Gasteiger partial charge in [0, 0.05) is 11.1 Å². The van der Waals surface area contributed by atoms with Crippen LogP contribution in [0.3, 0.4) is 0 Å². The van der Waals surface area contributed by atoms with E-state index in [4.69, 9.17) is 9.47 Å². The second kappa shape index (κ2) is 7.33. The minimum Gasteiger partial charge on any atom is -0.493 e. The molecule has 2 aromatic carbocycles. The first-order valence-electron chi connectivity index (χ1n) is 8.34. The van der Waals surface area contributed by atoms with Crippen LogP contribution < -0.4 is 9.47 Å². The van der Waals surface area contributed by atoms with Crippen LogP contribution in [0.5, 0.6) is 11.5 Å². The highest BCUT2D eigenvalue weighted by atomic mass is 32.2. The number of hydrogen-bond donors (Lipinski definition) is 0. The summed E-state index contributed by atoms with van der Waals surface area (Å²) >= 11 is 0. The van der Waals surface area contributed by atoms with Crippen molar-refractivity contribution in [2.45, 2.75) is 18.2 Å². The number of ketones is 1. The van der Waals surface area contributed by atoms with Crippen LogP contribution in [0.1, 0.15) is 29.3 Å². The highest BCUT2D eigenvalue weighted by Gasteiger charge is 2.28. The topological polar surface area (TPSA) is 69.7 Å². The Bertz CT molecular complexity index is 973. The van der Waals surface area contributed by atoms with Crippen molar-refractivity contribution in [1.29, 1.82) is 0 Å². The maximum Gasteiger partial charge on any atom is 0.190 e. The Morgan fingerprint density at radius 3 is 2.62 bits per heavy atom. The maximum atomic E-state index is 12.9. The summed E-state index contributed by atoms with van der Waals surface area (Å²) in [6, 6.07) is 11.7. The Balaban J connectivity index is 2.05. The lowest BCUT2D eigenvalue weighted by Crippen LogP contribution is -2.06. The van der Waals surface area contributed by atoms with Gasteiger partial charge in [-0.15, -0.1) is 0 Å². The molecule has 0 unspecified atom stereocenters. The first-order valence-corrected chi connectivity index (χ1v) is 9.99. The van der Waals surface area contributed by atoms with Gasteiger partial charge in [-0.3, -0.25) is 4.79 Å². The Labute approximate surface area is 153 Å². The molecule has 5 nitrogen and oxygen atoms in total. The standard InChI is InChI=1S/C20H20O5S/c1-3-25-18-13-14(8-9-17(18)24-2)12-15-10-11-26(22,23)19-7-5-4-6-16(19)20(15)21/h4-9,12-13H,3,10-11H2,1-2H3/b15-12-. The monoisotopic (exact) mass is 372 g/mol. The largest absolute Gasteiger partial charge is 0.493 e. The van der Waals surface area contributed by atoms with Crippen LogP contribution in [0.25, 0.3) is 6.08 Å². The van der Waals surface area contributed by atoms with Crippen LogP contribution >= 0.6 is 0 Å². The van der Waals surface area contributed by atoms with Crippen LogP contribution in [0.2, 0.25) is 0 Å². The van der Waals surface area contributed by atoms with E-state index in [0.29, 0.717) is 23.7 Å². The molecule has 1 aliphatic heterocycles. The number of sulfone groups is 1. The fourth-order valence-electron chi connectivity index (χ4n) is 2.96. The highest BCUT2D eigenvalue weighted by Crippen LogP contribution is 2.31. The molecule has 2 aromatic rings. The number of allylic oxidation sites excluding steroid dienone is 1. The van der Waals surface area contributed by atoms with Gasteiger partial charge in [-0.25, -0.2) is 8.42 Å². The molecule has 0 saturated carbocycles. The van der Waals surface area contributed by atoms with E-state index in [9.17, 15) is 13.2 Å². The van der Waals surface area contributed by atoms with E-state index in [2.05, 4.69) is 0 Å². The van der Waals surface area contributed by atoms with Gasteiger partial charge < -0.3 is 9.47 Å². The summed E-state index contributed by atoms with van der Waals surface area (Å²) in [5, 5.41) is 0. The van der Waals surface area contributed by atoms with Gasteiger partial charge in [-0.05, 0) is 49.2 Å². The summed E-state index contributed by atoms with van der Waals surface area (Å²) in [4.78, 5) is 13.0. The molecule has 0 bridgehead atoms. The van der Waals surface area contributed by atoms with Gasteiger partial charge in [-0.1, -0.05) is 18.2 Å². The first-order chi connectivity index (χ1) is 12.5. The number of fused-ring (bicyclic) bond motifs is 1. The number of rotatable bonds is 4. The number of methoxy groups -OCH3 is 1. The zero-order valence-electron chi connectivity index (χ0n) is 14.7. The second-order valence-corrected chi connectivity index (χ2v) is 7.98. The Morgan fingerprint density at radius 1 is 1.12 bits per heavy atom. The number of hydrogen-bond acceptors (Lipinski definition) is 5. The minimum absolute atomic E-state index is 0.0872. The second-order valence-electron chi connectivity index (χ2n) is 5.91. The van der Waals surface area contributed by atoms with Crippen molar-refractivity contribution in [3.8, 4) is 11.5 Å². The van der Waals surface area contributed by atoms with Gasteiger partial charge in [-0.2, -0.15) is 0 Å². The lowest BCUT2D eigenvalue weighted by Gasteiger charge is -2.10. The van der Waals surface area contributed by atoms with Gasteiger partial charge in [0.2, 0.25) is 0 Å². The van der Waals surface area contributed by atoms with Crippen molar-refractivity contribution in [3.05, 3.63) is 59.2 Å². The summed E-state index contributed by atoms with van der Waals surface area (Å²) in [7, 11) is -1.91. The third-order valence-electron chi connectivity index (χ3n) is 4.23. The van der Waals surface area contributed by atoms with Crippen LogP contribution in [-0.2, 0) is 9.84 Å². The fourth-order valence-corrected chi connectivity index (χ4v) is 4.45. The Kier molecular flexibility index (Phi) is 5.13. The summed E-state index contributed by atoms with van der Waals surface area (Å²) < 4.78 is 35.7. The highest BCUT2D eigenvalue weighted by molar-refractivity contribution is 7.91. The molecule has 0 spiro atoms. The average Bonchev–Trinajstić information content (AvgIpc) is 2.73. The van der Waals surface area contributed by atoms with E-state index in [1.807, 2.05) is 13.0 Å². The lowest BCUT2D eigenvalue weighted by atomic mass is 9.99. The molecule has 0 aromatic heterocycles. The predicted octanol–water partition coefficient (Wildman–Crippen LogP) is 3.54. The SMILES string of the molecule is CCOc1cc(/C=C2/CCS(=O)(=O)c3ccccc3C2=O)ccc1OC. The molecule has 26 heavy (non-hydrogen) atoms. The lowest BCUT2D eigenvalue weighted by molar-refractivity contribution is 0.103. The quantitative estimate of drug-likeness (QED) is 0.768. The minimum atomic E-state index is -3.47. The molecule has 0 N–H and O–H groups in total. The van der Waals surface area contributed by atoms with Crippen molar-refractivity contribution in [3.63, 3.8) is 0 Å². The molecule has 0 fully saturated rings. The van der Waals surface area contributed by atoms with Gasteiger partial charge >= 0.3 is 0 Å². The maximum absolute atomic E-state index is 12.9. The van der Waals surface area contributed by atoms with E-state index in [1.54, 1.807) is 43.5 Å². The third-order valence-corrected chi connectivity index (χ3v) is 5.99. The van der Waals surface area contributed by atoms with E-state index >= 15 is 0 Å². The molecule has 1 aliphatic rings. The zero-order valence-corrected chi connectivity index (χ0v) is 15.5. The summed E-state index contributed by atoms with van der Waals surface area (Å²) in [6.45, 7) is 2.36. The zero-order chi connectivity index (χ0) is 18.7. The predicted molar refractivity (Wildman–Crippen MR) is 99.6 cm³/mol. The number of carbonyl (C=O) groups is 1. The van der Waals surface area contributed by atoms with E-state index < -0.39 is 9.84 Å². The van der Waals surface area contributed by atoms with E-state index in [1.165, 1.54) is 6.07 Å². The average molecular weight is 372 g/mol. The molecule has 0 aliphatic carbocycles. The molecule has 3 rings (SSSR count). The number of ether oxygens (including phenoxy) is 2. The van der Waals surface area contributed by atoms with Gasteiger partial charge in [0.25, 0.3) is 0 Å². The normalized spacial score (nSPS) is 17.5. The molecule has 0 atom stereocenters. The molecular weight excluding hydrogens is 352 g/mol. The number of carbonyl (C=O) groups excluding carboxylic acids is 1. The van der Waals surface area contributed by atoms with E-state index in [0.717, 1.165) is 5.56 Å². The molecule has 0 saturated heterocycles. The molecule has 0 radical (unpaired) electrons. The molecule has 0 amide bonds. The van der Waals surface area contributed by atoms with Crippen molar-refractivity contribution in [1.82, 2.24) is 0 Å². The molecule has 1 heterocycles. The Hall–Kier alpha value is -2.60. The van der Waals surface area contributed by atoms with Crippen LogP contribution in [0.4, 0.5) is 0 Å². The first kappa shape index (κ1) is 18.2. The third kappa shape index (κ3) is 3.51. The Morgan fingerprint density at radius 2 is 1.88 bits per heavy atom. The number of benzene rings is 2. The summed E-state index contributed by atoms with van der Waals surface area (Å²) in [5.41, 5.74) is 1.45. The van der Waals surface area contributed by atoms with Gasteiger partial charge in [0.05, 0.1) is 24.4 Å². The van der Waals surface area contributed by atoms with Crippen LogP contribution in [-0.4, -0.2) is 33.7 Å². The van der Waals surface area contributed by atoms with Crippen molar-refractivity contribution >= 4 is 21.7 Å². The smallest absolute Gasteiger partial charge is 0.190 e. The summed E-state index contributed by atoms with van der Waals surface area (Å²) in [5.74, 6) is 0.846. The van der Waals surface area contributed by atoms with Crippen LogP contribution in [0, 0.1) is 0 Å². The van der Waals surface area contributed by atoms with Gasteiger partial charge in [0.1, 0.15) is 0 Å². The molecule has 6 heteroatoms. The molecule has 136 valence electrons.